The fourth-order valence-corrected chi connectivity index (χ4v) is 2.16. The van der Waals surface area contributed by atoms with Crippen molar-refractivity contribution in [2.24, 2.45) is 0 Å². The van der Waals surface area contributed by atoms with E-state index in [2.05, 4.69) is 22.6 Å². The molecule has 2 rings (SSSR count). The number of nitrogens with zero attached hydrogens (tertiary/aromatic N) is 1. The van der Waals surface area contributed by atoms with Crippen LogP contribution in [0.3, 0.4) is 0 Å². The minimum atomic E-state index is 0.257. The van der Waals surface area contributed by atoms with E-state index in [9.17, 15) is 0 Å². The number of rotatable bonds is 5. The van der Waals surface area contributed by atoms with Crippen molar-refractivity contribution in [1.29, 1.82) is 0 Å². The summed E-state index contributed by atoms with van der Waals surface area (Å²) in [5.74, 6) is 1.96. The van der Waals surface area contributed by atoms with Gasteiger partial charge >= 0.3 is 0 Å². The molecule has 1 unspecified atom stereocenters. The summed E-state index contributed by atoms with van der Waals surface area (Å²) in [5, 5.41) is 5.51. The van der Waals surface area contributed by atoms with Crippen LogP contribution in [0.15, 0.2) is 27.4 Å². The third-order valence-corrected chi connectivity index (χ3v) is 3.14. The Morgan fingerprint density at radius 3 is 3.00 bits per heavy atom. The van der Waals surface area contributed by atoms with Crippen molar-refractivity contribution in [3.63, 3.8) is 0 Å². The van der Waals surface area contributed by atoms with Crippen LogP contribution >= 0.6 is 11.3 Å². The summed E-state index contributed by atoms with van der Waals surface area (Å²) in [6.45, 7) is 5.00. The van der Waals surface area contributed by atoms with Gasteiger partial charge < -0.3 is 9.73 Å². The molecule has 0 aliphatic heterocycles. The molecule has 0 aromatic carbocycles. The molecule has 0 fully saturated rings. The molecule has 1 N–H and O–H groups in total. The number of furan rings is 1. The normalized spacial score (nSPS) is 12.9. The van der Waals surface area contributed by atoms with Crippen molar-refractivity contribution in [3.8, 4) is 0 Å². The second-order valence-electron chi connectivity index (χ2n) is 3.85. The van der Waals surface area contributed by atoms with Gasteiger partial charge in [0.1, 0.15) is 11.5 Å². The number of aromatic nitrogens is 1. The van der Waals surface area contributed by atoms with Crippen LogP contribution in [0.1, 0.15) is 30.2 Å². The number of nitrogens with one attached hydrogen (secondary N) is 1. The summed E-state index contributed by atoms with van der Waals surface area (Å²) in [6.07, 6.45) is 0.966. The number of hydrogen-bond acceptors (Lipinski definition) is 4. The summed E-state index contributed by atoms with van der Waals surface area (Å²) in [5.41, 5.74) is 3.02. The van der Waals surface area contributed by atoms with Crippen LogP contribution in [-0.2, 0) is 6.42 Å². The first kappa shape index (κ1) is 11.4. The van der Waals surface area contributed by atoms with E-state index in [1.807, 2.05) is 24.6 Å². The first-order valence-corrected chi connectivity index (χ1v) is 6.37. The Morgan fingerprint density at radius 2 is 2.38 bits per heavy atom. The van der Waals surface area contributed by atoms with Crippen LogP contribution in [0.4, 0.5) is 0 Å². The zero-order valence-electron chi connectivity index (χ0n) is 9.56. The molecule has 2 aromatic rings. The topological polar surface area (TPSA) is 38.1 Å². The smallest absolute Gasteiger partial charge is 0.120 e. The first-order valence-electron chi connectivity index (χ1n) is 5.42. The summed E-state index contributed by atoms with van der Waals surface area (Å²) in [4.78, 5) is 4.25. The molecule has 3 nitrogen and oxygen atoms in total. The third kappa shape index (κ3) is 2.93. The van der Waals surface area contributed by atoms with E-state index in [0.717, 1.165) is 30.2 Å². The average molecular weight is 236 g/mol. The standard InChI is InChI=1S/C12H16N2OS/c1-9-3-4-12(15-9)10(2)13-6-5-11-7-16-8-14-11/h3-4,7-8,10,13H,5-6H2,1-2H3. The SMILES string of the molecule is Cc1ccc(C(C)NCCc2cscn2)o1. The maximum atomic E-state index is 5.56. The van der Waals surface area contributed by atoms with Gasteiger partial charge in [0.05, 0.1) is 17.2 Å². The summed E-state index contributed by atoms with van der Waals surface area (Å²) < 4.78 is 5.56. The van der Waals surface area contributed by atoms with Gasteiger partial charge in [-0.1, -0.05) is 0 Å². The van der Waals surface area contributed by atoms with Crippen LogP contribution < -0.4 is 5.32 Å². The van der Waals surface area contributed by atoms with Crippen molar-refractivity contribution in [2.75, 3.05) is 6.54 Å². The van der Waals surface area contributed by atoms with E-state index >= 15 is 0 Å². The van der Waals surface area contributed by atoms with Gasteiger partial charge in [-0.25, -0.2) is 4.98 Å². The number of aryl methyl sites for hydroxylation is 1. The van der Waals surface area contributed by atoms with Crippen molar-refractivity contribution in [3.05, 3.63) is 40.2 Å². The molecule has 1 atom stereocenters. The summed E-state index contributed by atoms with van der Waals surface area (Å²) >= 11 is 1.64. The molecule has 86 valence electrons. The first-order chi connectivity index (χ1) is 7.75. The van der Waals surface area contributed by atoms with Crippen LogP contribution in [0.2, 0.25) is 0 Å². The highest BCUT2D eigenvalue weighted by Crippen LogP contribution is 2.15. The van der Waals surface area contributed by atoms with E-state index in [4.69, 9.17) is 4.42 Å². The molecule has 2 aromatic heterocycles. The maximum absolute atomic E-state index is 5.56. The molecule has 0 spiro atoms. The Hall–Kier alpha value is -1.13. The van der Waals surface area contributed by atoms with Crippen LogP contribution in [0.25, 0.3) is 0 Å². The number of hydrogen-bond donors (Lipinski definition) is 1. The highest BCUT2D eigenvalue weighted by atomic mass is 32.1. The van der Waals surface area contributed by atoms with Crippen LogP contribution in [0.5, 0.6) is 0 Å². The lowest BCUT2D eigenvalue weighted by Crippen LogP contribution is -2.21. The Bertz CT molecular complexity index is 422. The van der Waals surface area contributed by atoms with Crippen molar-refractivity contribution >= 4 is 11.3 Å². The zero-order valence-corrected chi connectivity index (χ0v) is 10.4. The van der Waals surface area contributed by atoms with Gasteiger partial charge in [-0.15, -0.1) is 11.3 Å². The van der Waals surface area contributed by atoms with Crippen molar-refractivity contribution in [2.45, 2.75) is 26.3 Å². The molecule has 0 bridgehead atoms. The molecule has 0 aliphatic rings. The molecule has 0 saturated heterocycles. The molecule has 0 saturated carbocycles. The quantitative estimate of drug-likeness (QED) is 0.867. The zero-order chi connectivity index (χ0) is 11.4. The highest BCUT2D eigenvalue weighted by molar-refractivity contribution is 7.07. The van der Waals surface area contributed by atoms with Crippen LogP contribution in [-0.4, -0.2) is 11.5 Å². The van der Waals surface area contributed by atoms with Gasteiger partial charge in [-0.3, -0.25) is 0 Å². The fraction of sp³-hybridized carbons (Fsp3) is 0.417. The van der Waals surface area contributed by atoms with E-state index in [1.165, 1.54) is 0 Å². The highest BCUT2D eigenvalue weighted by Gasteiger charge is 2.08. The molecule has 0 radical (unpaired) electrons. The molecule has 4 heteroatoms. The predicted octanol–water partition coefficient (Wildman–Crippen LogP) is 2.94. The van der Waals surface area contributed by atoms with E-state index < -0.39 is 0 Å². The van der Waals surface area contributed by atoms with Gasteiger partial charge in [0.2, 0.25) is 0 Å². The Balaban J connectivity index is 1.78. The van der Waals surface area contributed by atoms with Crippen molar-refractivity contribution < 1.29 is 4.42 Å². The van der Waals surface area contributed by atoms with Crippen molar-refractivity contribution in [1.82, 2.24) is 10.3 Å². The molecule has 0 aliphatic carbocycles. The largest absolute Gasteiger partial charge is 0.465 e. The number of thiazole rings is 1. The third-order valence-electron chi connectivity index (χ3n) is 2.50. The second-order valence-corrected chi connectivity index (χ2v) is 4.57. The monoisotopic (exact) mass is 236 g/mol. The predicted molar refractivity (Wildman–Crippen MR) is 65.7 cm³/mol. The maximum Gasteiger partial charge on any atom is 0.120 e. The van der Waals surface area contributed by atoms with E-state index in [0.29, 0.717) is 0 Å². The fourth-order valence-electron chi connectivity index (χ4n) is 1.56. The van der Waals surface area contributed by atoms with Crippen LogP contribution in [0, 0.1) is 6.92 Å². The average Bonchev–Trinajstić information content (AvgIpc) is 2.89. The molecule has 0 amide bonds. The van der Waals surface area contributed by atoms with Gasteiger partial charge in [0.15, 0.2) is 0 Å². The van der Waals surface area contributed by atoms with Gasteiger partial charge in [-0.2, -0.15) is 0 Å². The second kappa shape index (κ2) is 5.27. The Kier molecular flexibility index (Phi) is 3.74. The lowest BCUT2D eigenvalue weighted by atomic mass is 10.2. The van der Waals surface area contributed by atoms with Gasteiger partial charge in [-0.05, 0) is 26.0 Å². The lowest BCUT2D eigenvalue weighted by Gasteiger charge is -2.10. The molecule has 2 heterocycles. The molecular weight excluding hydrogens is 220 g/mol. The van der Waals surface area contributed by atoms with Gasteiger partial charge in [0.25, 0.3) is 0 Å². The molecule has 16 heavy (non-hydrogen) atoms. The lowest BCUT2D eigenvalue weighted by molar-refractivity contribution is 0.417. The van der Waals surface area contributed by atoms with Gasteiger partial charge in [0, 0.05) is 18.3 Å². The minimum absolute atomic E-state index is 0.257. The molecular formula is C12H16N2OS. The minimum Gasteiger partial charge on any atom is -0.465 e. The summed E-state index contributed by atoms with van der Waals surface area (Å²) in [7, 11) is 0. The van der Waals surface area contributed by atoms with E-state index in [-0.39, 0.29) is 6.04 Å². The summed E-state index contributed by atoms with van der Waals surface area (Å²) in [6, 6.07) is 4.27. The Labute approximate surface area is 99.5 Å². The Morgan fingerprint density at radius 1 is 1.50 bits per heavy atom. The van der Waals surface area contributed by atoms with E-state index in [1.54, 1.807) is 11.3 Å².